The number of para-hydroxylation sites is 1. The number of nitrogens with one attached hydrogen (secondary N) is 1. The first-order valence-electron chi connectivity index (χ1n) is 7.54. The van der Waals surface area contributed by atoms with E-state index in [9.17, 15) is 0 Å². The summed E-state index contributed by atoms with van der Waals surface area (Å²) in [7, 11) is 0. The number of hydrogen-bond donors (Lipinski definition) is 1. The lowest BCUT2D eigenvalue weighted by Crippen LogP contribution is -2.30. The molecule has 1 unspecified atom stereocenters. The van der Waals surface area contributed by atoms with E-state index in [0.717, 1.165) is 31.0 Å². The Morgan fingerprint density at radius 3 is 3.10 bits per heavy atom. The second-order valence-electron chi connectivity index (χ2n) is 5.55. The van der Waals surface area contributed by atoms with Crippen LogP contribution in [-0.4, -0.2) is 24.7 Å². The van der Waals surface area contributed by atoms with E-state index >= 15 is 0 Å². The van der Waals surface area contributed by atoms with Gasteiger partial charge in [0.1, 0.15) is 0 Å². The maximum atomic E-state index is 5.86. The molecule has 1 aliphatic rings. The van der Waals surface area contributed by atoms with Gasteiger partial charge in [0.15, 0.2) is 0 Å². The minimum atomic E-state index is 0.661. The highest BCUT2D eigenvalue weighted by Gasteiger charge is 2.12. The molecule has 0 spiro atoms. The van der Waals surface area contributed by atoms with E-state index in [1.54, 1.807) is 0 Å². The van der Waals surface area contributed by atoms with Gasteiger partial charge < -0.3 is 10.1 Å². The van der Waals surface area contributed by atoms with Gasteiger partial charge in [-0.25, -0.2) is 0 Å². The van der Waals surface area contributed by atoms with Gasteiger partial charge in [-0.15, -0.1) is 0 Å². The van der Waals surface area contributed by atoms with E-state index in [4.69, 9.17) is 4.74 Å². The first-order chi connectivity index (χ1) is 9.93. The Labute approximate surface area is 120 Å². The van der Waals surface area contributed by atoms with Crippen molar-refractivity contribution < 1.29 is 4.74 Å². The molecule has 1 aliphatic heterocycles. The summed E-state index contributed by atoms with van der Waals surface area (Å²) < 4.78 is 5.86. The standard InChI is InChI=1S/C17H22N2O/c1-5-15-7-3-10-19-17(15)16(6-1)13-20-11-8-14-4-2-9-18-12-14/h1,3,5-7,10,14,18H,2,4,8-9,11-13H2. The molecule has 0 radical (unpaired) electrons. The summed E-state index contributed by atoms with van der Waals surface area (Å²) in [6, 6.07) is 10.4. The first kappa shape index (κ1) is 13.5. The molecule has 20 heavy (non-hydrogen) atoms. The van der Waals surface area contributed by atoms with Gasteiger partial charge in [-0.2, -0.15) is 0 Å². The maximum Gasteiger partial charge on any atom is 0.0757 e. The molecule has 1 N–H and O–H groups in total. The SMILES string of the molecule is c1cnc2c(COCCC3CCCNC3)cccc2c1. The molecule has 3 rings (SSSR count). The topological polar surface area (TPSA) is 34.1 Å². The van der Waals surface area contributed by atoms with Crippen molar-refractivity contribution in [3.8, 4) is 0 Å². The Balaban J connectivity index is 1.52. The third kappa shape index (κ3) is 3.35. The predicted octanol–water partition coefficient (Wildman–Crippen LogP) is 3.14. The lowest BCUT2D eigenvalue weighted by Gasteiger charge is -2.22. The summed E-state index contributed by atoms with van der Waals surface area (Å²) in [6.45, 7) is 3.84. The zero-order chi connectivity index (χ0) is 13.6. The molecule has 1 saturated heterocycles. The summed E-state index contributed by atoms with van der Waals surface area (Å²) in [4.78, 5) is 4.46. The molecule has 0 amide bonds. The van der Waals surface area contributed by atoms with Gasteiger partial charge in [0.2, 0.25) is 0 Å². The average molecular weight is 270 g/mol. The zero-order valence-electron chi connectivity index (χ0n) is 11.8. The van der Waals surface area contributed by atoms with Gasteiger partial charge in [0.05, 0.1) is 12.1 Å². The number of fused-ring (bicyclic) bond motifs is 1. The number of piperidine rings is 1. The molecule has 3 nitrogen and oxygen atoms in total. The molecule has 0 saturated carbocycles. The second-order valence-corrected chi connectivity index (χ2v) is 5.55. The largest absolute Gasteiger partial charge is 0.377 e. The fourth-order valence-electron chi connectivity index (χ4n) is 2.89. The molecule has 2 heterocycles. The molecular formula is C17H22N2O. The number of pyridine rings is 1. The van der Waals surface area contributed by atoms with Gasteiger partial charge in [0, 0.05) is 23.8 Å². The third-order valence-corrected chi connectivity index (χ3v) is 4.04. The molecule has 0 bridgehead atoms. The summed E-state index contributed by atoms with van der Waals surface area (Å²) >= 11 is 0. The van der Waals surface area contributed by atoms with Crippen LogP contribution in [0.15, 0.2) is 36.5 Å². The number of aromatic nitrogens is 1. The van der Waals surface area contributed by atoms with E-state index in [1.807, 2.05) is 12.3 Å². The second kappa shape index (κ2) is 6.82. The quantitative estimate of drug-likeness (QED) is 0.848. The monoisotopic (exact) mass is 270 g/mol. The van der Waals surface area contributed by atoms with Crippen molar-refractivity contribution >= 4 is 10.9 Å². The molecule has 0 aliphatic carbocycles. The minimum Gasteiger partial charge on any atom is -0.377 e. The van der Waals surface area contributed by atoms with Crippen LogP contribution >= 0.6 is 0 Å². The van der Waals surface area contributed by atoms with Crippen LogP contribution in [0, 0.1) is 5.92 Å². The van der Waals surface area contributed by atoms with Gasteiger partial charge in [-0.1, -0.05) is 24.3 Å². The lowest BCUT2D eigenvalue weighted by atomic mass is 9.97. The molecule has 1 aromatic carbocycles. The fraction of sp³-hybridized carbons (Fsp3) is 0.471. The van der Waals surface area contributed by atoms with E-state index in [1.165, 1.54) is 30.3 Å². The van der Waals surface area contributed by atoms with Crippen LogP contribution in [0.2, 0.25) is 0 Å². The number of benzene rings is 1. The Hall–Kier alpha value is -1.45. The van der Waals surface area contributed by atoms with E-state index < -0.39 is 0 Å². The molecule has 1 fully saturated rings. The van der Waals surface area contributed by atoms with Crippen molar-refractivity contribution in [2.24, 2.45) is 5.92 Å². The van der Waals surface area contributed by atoms with Crippen molar-refractivity contribution in [1.29, 1.82) is 0 Å². The van der Waals surface area contributed by atoms with Gasteiger partial charge in [-0.3, -0.25) is 4.98 Å². The van der Waals surface area contributed by atoms with Crippen molar-refractivity contribution in [1.82, 2.24) is 10.3 Å². The highest BCUT2D eigenvalue weighted by atomic mass is 16.5. The third-order valence-electron chi connectivity index (χ3n) is 4.04. The number of ether oxygens (including phenoxy) is 1. The molecule has 1 aromatic heterocycles. The molecule has 106 valence electrons. The van der Waals surface area contributed by atoms with Crippen LogP contribution in [0.25, 0.3) is 10.9 Å². The smallest absolute Gasteiger partial charge is 0.0757 e. The van der Waals surface area contributed by atoms with Crippen molar-refractivity contribution in [2.45, 2.75) is 25.9 Å². The van der Waals surface area contributed by atoms with Crippen LogP contribution < -0.4 is 5.32 Å². The molecular weight excluding hydrogens is 248 g/mol. The summed E-state index contributed by atoms with van der Waals surface area (Å²) in [5.74, 6) is 0.786. The Morgan fingerprint density at radius 2 is 2.20 bits per heavy atom. The van der Waals surface area contributed by atoms with Crippen molar-refractivity contribution in [3.05, 3.63) is 42.1 Å². The number of nitrogens with zero attached hydrogens (tertiary/aromatic N) is 1. The maximum absolute atomic E-state index is 5.86. The molecule has 2 aromatic rings. The average Bonchev–Trinajstić information content (AvgIpc) is 2.53. The molecule has 3 heteroatoms. The van der Waals surface area contributed by atoms with Crippen LogP contribution in [0.5, 0.6) is 0 Å². The summed E-state index contributed by atoms with van der Waals surface area (Å²) in [6.07, 6.45) is 5.65. The first-order valence-corrected chi connectivity index (χ1v) is 7.54. The Bertz CT molecular complexity index is 544. The van der Waals surface area contributed by atoms with Crippen LogP contribution in [0.1, 0.15) is 24.8 Å². The van der Waals surface area contributed by atoms with E-state index in [-0.39, 0.29) is 0 Å². The van der Waals surface area contributed by atoms with E-state index in [2.05, 4.69) is 34.6 Å². The van der Waals surface area contributed by atoms with Gasteiger partial charge in [-0.05, 0) is 44.3 Å². The summed E-state index contributed by atoms with van der Waals surface area (Å²) in [5, 5.41) is 4.64. The summed E-state index contributed by atoms with van der Waals surface area (Å²) in [5.41, 5.74) is 2.25. The highest BCUT2D eigenvalue weighted by Crippen LogP contribution is 2.18. The zero-order valence-corrected chi connectivity index (χ0v) is 11.8. The van der Waals surface area contributed by atoms with Crippen LogP contribution in [0.4, 0.5) is 0 Å². The predicted molar refractivity (Wildman–Crippen MR) is 81.6 cm³/mol. The Morgan fingerprint density at radius 1 is 1.25 bits per heavy atom. The number of hydrogen-bond acceptors (Lipinski definition) is 3. The fourth-order valence-corrected chi connectivity index (χ4v) is 2.89. The van der Waals surface area contributed by atoms with Crippen LogP contribution in [-0.2, 0) is 11.3 Å². The number of rotatable bonds is 5. The van der Waals surface area contributed by atoms with Gasteiger partial charge >= 0.3 is 0 Å². The van der Waals surface area contributed by atoms with Crippen LogP contribution in [0.3, 0.4) is 0 Å². The van der Waals surface area contributed by atoms with Crippen molar-refractivity contribution in [3.63, 3.8) is 0 Å². The van der Waals surface area contributed by atoms with E-state index in [0.29, 0.717) is 6.61 Å². The lowest BCUT2D eigenvalue weighted by molar-refractivity contribution is 0.104. The normalized spacial score (nSPS) is 19.3. The minimum absolute atomic E-state index is 0.661. The highest BCUT2D eigenvalue weighted by molar-refractivity contribution is 5.81. The molecule has 1 atom stereocenters. The van der Waals surface area contributed by atoms with Crippen molar-refractivity contribution in [2.75, 3.05) is 19.7 Å². The Kier molecular flexibility index (Phi) is 4.61. The van der Waals surface area contributed by atoms with Gasteiger partial charge in [0.25, 0.3) is 0 Å².